The topological polar surface area (TPSA) is 168 Å². The van der Waals surface area contributed by atoms with Crippen molar-refractivity contribution in [3.8, 4) is 0 Å². The fourth-order valence-electron chi connectivity index (χ4n) is 6.28. The second-order valence-corrected chi connectivity index (χ2v) is 13.3. The van der Waals surface area contributed by atoms with Gasteiger partial charge in [-0.2, -0.15) is 0 Å². The Labute approximate surface area is 286 Å². The molecule has 0 saturated carbocycles. The van der Waals surface area contributed by atoms with Crippen LogP contribution in [-0.2, 0) is 39.9 Å². The zero-order chi connectivity index (χ0) is 36.1. The maximum absolute atomic E-state index is 13.8. The van der Waals surface area contributed by atoms with Gasteiger partial charge in [0.2, 0.25) is 17.7 Å². The van der Waals surface area contributed by atoms with Gasteiger partial charge in [0.15, 0.2) is 6.10 Å². The van der Waals surface area contributed by atoms with E-state index in [4.69, 9.17) is 14.2 Å². The highest BCUT2D eigenvalue weighted by Crippen LogP contribution is 2.27. The van der Waals surface area contributed by atoms with Gasteiger partial charge in [0.05, 0.1) is 24.6 Å². The van der Waals surface area contributed by atoms with Crippen LogP contribution in [0.2, 0.25) is 0 Å². The van der Waals surface area contributed by atoms with Gasteiger partial charge in [0, 0.05) is 34.4 Å². The van der Waals surface area contributed by atoms with Gasteiger partial charge in [-0.25, -0.2) is 0 Å². The highest BCUT2D eigenvalue weighted by molar-refractivity contribution is 5.90. The molecule has 0 unspecified atom stereocenters. The van der Waals surface area contributed by atoms with Crippen molar-refractivity contribution in [3.63, 3.8) is 0 Å². The molecule has 9 atom stereocenters. The van der Waals surface area contributed by atoms with Crippen LogP contribution in [0, 0.1) is 17.8 Å². The molecule has 1 aromatic carbocycles. The molecule has 1 saturated heterocycles. The number of ether oxygens (including phenoxy) is 3. The van der Waals surface area contributed by atoms with E-state index in [0.29, 0.717) is 13.0 Å². The zero-order valence-corrected chi connectivity index (χ0v) is 30.3. The highest BCUT2D eigenvalue weighted by Gasteiger charge is 2.48. The first-order chi connectivity index (χ1) is 22.7. The minimum Gasteiger partial charge on any atom is -0.390 e. The van der Waals surface area contributed by atoms with Crippen LogP contribution in [-0.4, -0.2) is 117 Å². The van der Waals surface area contributed by atoms with Crippen LogP contribution in [0.5, 0.6) is 0 Å². The Kier molecular flexibility index (Phi) is 16.9. The number of hydrogen-bond donors (Lipinski definition) is 5. The number of carbonyl (C=O) groups excluding carboxylic acids is 4. The van der Waals surface area contributed by atoms with E-state index in [1.807, 2.05) is 71.9 Å². The number of hydrogen-bond acceptors (Lipinski definition) is 9. The minimum atomic E-state index is -1.19. The number of amides is 4. The number of carbonyl (C=O) groups is 4. The van der Waals surface area contributed by atoms with Crippen LogP contribution < -0.4 is 21.3 Å². The number of methoxy groups -OCH3 is 2. The van der Waals surface area contributed by atoms with Crippen molar-refractivity contribution < 1.29 is 38.5 Å². The van der Waals surface area contributed by atoms with E-state index in [0.717, 1.165) is 5.56 Å². The molecule has 1 fully saturated rings. The molecule has 0 bridgehead atoms. The molecular formula is C35H59N5O8. The Bertz CT molecular complexity index is 1170. The average molecular weight is 678 g/mol. The number of nitrogens with zero attached hydrogens (tertiary/aromatic N) is 1. The summed E-state index contributed by atoms with van der Waals surface area (Å²) in [7, 11) is 6.26. The van der Waals surface area contributed by atoms with Crippen molar-refractivity contribution in [1.82, 2.24) is 26.2 Å². The van der Waals surface area contributed by atoms with Crippen molar-refractivity contribution in [2.75, 3.05) is 34.9 Å². The zero-order valence-electron chi connectivity index (χ0n) is 30.3. The van der Waals surface area contributed by atoms with E-state index in [2.05, 4.69) is 21.3 Å². The molecular weight excluding hydrogens is 618 g/mol. The predicted octanol–water partition coefficient (Wildman–Crippen LogP) is 1.23. The van der Waals surface area contributed by atoms with Crippen molar-refractivity contribution in [2.45, 2.75) is 110 Å². The van der Waals surface area contributed by atoms with Gasteiger partial charge < -0.3 is 45.5 Å². The Balaban J connectivity index is 2.08. The highest BCUT2D eigenvalue weighted by atomic mass is 16.6. The smallest absolute Gasteiger partial charge is 0.252 e. The van der Waals surface area contributed by atoms with Gasteiger partial charge in [0.1, 0.15) is 24.4 Å². The summed E-state index contributed by atoms with van der Waals surface area (Å²) in [5, 5.41) is 22.9. The Morgan fingerprint density at radius 2 is 1.54 bits per heavy atom. The molecule has 5 N–H and O–H groups in total. The summed E-state index contributed by atoms with van der Waals surface area (Å²) >= 11 is 0. The molecule has 0 spiro atoms. The molecule has 0 radical (unpaired) electrons. The van der Waals surface area contributed by atoms with Crippen LogP contribution in [0.15, 0.2) is 30.3 Å². The lowest BCUT2D eigenvalue weighted by molar-refractivity contribution is -0.143. The lowest BCUT2D eigenvalue weighted by Crippen LogP contribution is -2.59. The number of aliphatic hydroxyl groups excluding tert-OH is 1. The summed E-state index contributed by atoms with van der Waals surface area (Å²) in [5.41, 5.74) is 0.935. The molecule has 0 aliphatic carbocycles. The summed E-state index contributed by atoms with van der Waals surface area (Å²) in [5.74, 6) is -1.78. The van der Waals surface area contributed by atoms with Gasteiger partial charge >= 0.3 is 0 Å². The molecule has 272 valence electrons. The fourth-order valence-corrected chi connectivity index (χ4v) is 6.28. The molecule has 1 heterocycles. The van der Waals surface area contributed by atoms with Crippen molar-refractivity contribution >= 4 is 23.6 Å². The molecule has 48 heavy (non-hydrogen) atoms. The monoisotopic (exact) mass is 677 g/mol. The van der Waals surface area contributed by atoms with E-state index in [9.17, 15) is 24.3 Å². The Morgan fingerprint density at radius 1 is 0.938 bits per heavy atom. The lowest BCUT2D eigenvalue weighted by atomic mass is 9.90. The second kappa shape index (κ2) is 19.8. The van der Waals surface area contributed by atoms with Gasteiger partial charge in [-0.3, -0.25) is 19.2 Å². The van der Waals surface area contributed by atoms with Crippen molar-refractivity contribution in [3.05, 3.63) is 35.9 Å². The third-order valence-corrected chi connectivity index (χ3v) is 9.22. The molecule has 1 aliphatic rings. The SMILES string of the molecule is CC[C@H](C)[C@@H]([C@H](O)CC(=O)NC[C@H]1O[C@@H](C(=O)NCc2ccccc2)[C@@H](OC)[C@@H]1OC)N(C)C(=O)[C@@H](NC(=O)[C@@H](NC)C(C)C)C(C)C. The number of nitrogens with one attached hydrogen (secondary N) is 4. The van der Waals surface area contributed by atoms with Crippen molar-refractivity contribution in [2.24, 2.45) is 17.8 Å². The van der Waals surface area contributed by atoms with Crippen molar-refractivity contribution in [1.29, 1.82) is 0 Å². The van der Waals surface area contributed by atoms with E-state index in [1.54, 1.807) is 14.1 Å². The molecule has 1 aliphatic heterocycles. The quantitative estimate of drug-likeness (QED) is 0.145. The number of aliphatic hydroxyl groups is 1. The van der Waals surface area contributed by atoms with Crippen LogP contribution in [0.4, 0.5) is 0 Å². The molecule has 13 heteroatoms. The summed E-state index contributed by atoms with van der Waals surface area (Å²) in [6.07, 6.45) is -3.80. The normalized spacial score (nSPS) is 22.4. The summed E-state index contributed by atoms with van der Waals surface area (Å²) in [6, 6.07) is 7.50. The second-order valence-electron chi connectivity index (χ2n) is 13.3. The number of likely N-dealkylation sites (N-methyl/N-ethyl adjacent to an activating group) is 2. The first-order valence-corrected chi connectivity index (χ1v) is 16.9. The van der Waals surface area contributed by atoms with Crippen LogP contribution in [0.1, 0.15) is 59.9 Å². The van der Waals surface area contributed by atoms with E-state index in [1.165, 1.54) is 19.1 Å². The number of benzene rings is 1. The lowest BCUT2D eigenvalue weighted by Gasteiger charge is -2.38. The third-order valence-electron chi connectivity index (χ3n) is 9.22. The summed E-state index contributed by atoms with van der Waals surface area (Å²) in [6.45, 7) is 11.7. The average Bonchev–Trinajstić information content (AvgIpc) is 3.42. The maximum atomic E-state index is 13.8. The number of rotatable bonds is 19. The maximum Gasteiger partial charge on any atom is 0.252 e. The Hall–Kier alpha value is -3.10. The van der Waals surface area contributed by atoms with Gasteiger partial charge in [-0.15, -0.1) is 0 Å². The van der Waals surface area contributed by atoms with E-state index in [-0.39, 0.29) is 48.4 Å². The molecule has 1 aromatic rings. The van der Waals surface area contributed by atoms with Gasteiger partial charge in [-0.05, 0) is 30.4 Å². The summed E-state index contributed by atoms with van der Waals surface area (Å²) in [4.78, 5) is 54.5. The third kappa shape index (κ3) is 11.0. The molecule has 2 rings (SSSR count). The molecule has 4 amide bonds. The first-order valence-electron chi connectivity index (χ1n) is 16.9. The van der Waals surface area contributed by atoms with Crippen LogP contribution in [0.3, 0.4) is 0 Å². The minimum absolute atomic E-state index is 0.0130. The standard InChI is InChI=1S/C35H59N5O8/c1-11-22(6)29(40(8)35(45)28(21(4)5)39-33(43)27(36-7)20(2)3)24(41)17-26(42)37-19-25-30(46-9)31(47-10)32(48-25)34(44)38-18-23-15-13-12-14-16-23/h12-16,20-22,24-25,27-32,36,41H,11,17-19H2,1-10H3,(H,37,42)(H,38,44)(H,39,43)/t22-,24+,25+,27-,28-,29-,30+,31-,32+/m0/s1. The van der Waals surface area contributed by atoms with Crippen LogP contribution >= 0.6 is 0 Å². The van der Waals surface area contributed by atoms with Crippen LogP contribution in [0.25, 0.3) is 0 Å². The van der Waals surface area contributed by atoms with E-state index < -0.39 is 54.6 Å². The molecule has 13 nitrogen and oxygen atoms in total. The van der Waals surface area contributed by atoms with Gasteiger partial charge in [-0.1, -0.05) is 78.3 Å². The van der Waals surface area contributed by atoms with Gasteiger partial charge in [0.25, 0.3) is 5.91 Å². The first kappa shape index (κ1) is 41.1. The summed E-state index contributed by atoms with van der Waals surface area (Å²) < 4.78 is 17.2. The van der Waals surface area contributed by atoms with E-state index >= 15 is 0 Å². The fraction of sp³-hybridized carbons (Fsp3) is 0.714. The molecule has 0 aromatic heterocycles. The Morgan fingerprint density at radius 3 is 2.06 bits per heavy atom. The predicted molar refractivity (Wildman–Crippen MR) is 183 cm³/mol. The largest absolute Gasteiger partial charge is 0.390 e.